The molecule has 1 aromatic carbocycles. The molecule has 0 aliphatic heterocycles. The molecule has 0 aliphatic rings. The van der Waals surface area contributed by atoms with Crippen LogP contribution in [0.2, 0.25) is 0 Å². The third-order valence-electron chi connectivity index (χ3n) is 3.18. The van der Waals surface area contributed by atoms with Crippen LogP contribution in [0.1, 0.15) is 12.5 Å². The number of carbonyl (C=O) groups excluding carboxylic acids is 3. The number of rotatable bonds is 6. The van der Waals surface area contributed by atoms with Crippen LogP contribution >= 0.6 is 0 Å². The summed E-state index contributed by atoms with van der Waals surface area (Å²) >= 11 is 0. The molecule has 1 aromatic rings. The summed E-state index contributed by atoms with van der Waals surface area (Å²) in [5.41, 5.74) is 0.746. The van der Waals surface area contributed by atoms with Crippen molar-refractivity contribution >= 4 is 30.3 Å². The second-order valence-corrected chi connectivity index (χ2v) is 4.72. The Morgan fingerprint density at radius 3 is 2.39 bits per heavy atom. The number of imide groups is 1. The zero-order valence-electron chi connectivity index (χ0n) is 12.8. The first-order chi connectivity index (χ1) is 10.9. The summed E-state index contributed by atoms with van der Waals surface area (Å²) in [4.78, 5) is 47.3. The normalized spacial score (nSPS) is 11.7. The highest BCUT2D eigenvalue weighted by Gasteiger charge is 2.28. The molecule has 121 valence electrons. The molecular formula is C16H17N2O5. The number of carbonyl (C=O) groups is 3. The molecule has 1 unspecified atom stereocenters. The van der Waals surface area contributed by atoms with Crippen LogP contribution in [0.4, 0.5) is 4.79 Å². The number of carboxylic acid groups (broad SMARTS) is 1. The Bertz CT molecular complexity index is 612. The van der Waals surface area contributed by atoms with Gasteiger partial charge in [0.2, 0.25) is 6.29 Å². The molecule has 1 N–H and O–H groups in total. The molecule has 23 heavy (non-hydrogen) atoms. The molecule has 0 saturated heterocycles. The molecule has 0 saturated carbocycles. The SMILES string of the molecule is CC(C(=O)O)N(C)C(=O)N(C[C]=O)C(=O)/C=C/c1ccccc1. The van der Waals surface area contributed by atoms with E-state index in [9.17, 15) is 19.2 Å². The molecule has 0 bridgehead atoms. The molecule has 1 radical (unpaired) electrons. The monoisotopic (exact) mass is 317 g/mol. The van der Waals surface area contributed by atoms with Crippen LogP contribution in [0.15, 0.2) is 36.4 Å². The van der Waals surface area contributed by atoms with E-state index in [1.54, 1.807) is 24.3 Å². The number of benzene rings is 1. The van der Waals surface area contributed by atoms with E-state index >= 15 is 0 Å². The van der Waals surface area contributed by atoms with Crippen LogP contribution in [0.25, 0.3) is 6.08 Å². The van der Waals surface area contributed by atoms with Crippen molar-refractivity contribution in [3.05, 3.63) is 42.0 Å². The Labute approximate surface area is 133 Å². The van der Waals surface area contributed by atoms with Crippen molar-refractivity contribution in [3.63, 3.8) is 0 Å². The van der Waals surface area contributed by atoms with Gasteiger partial charge in [0, 0.05) is 13.1 Å². The van der Waals surface area contributed by atoms with E-state index in [1.165, 1.54) is 26.3 Å². The van der Waals surface area contributed by atoms with Crippen molar-refractivity contribution in [1.29, 1.82) is 0 Å². The first-order valence-electron chi connectivity index (χ1n) is 6.77. The van der Waals surface area contributed by atoms with Gasteiger partial charge in [0.15, 0.2) is 0 Å². The number of urea groups is 1. The molecule has 0 fully saturated rings. The van der Waals surface area contributed by atoms with Gasteiger partial charge in [-0.25, -0.2) is 9.59 Å². The van der Waals surface area contributed by atoms with E-state index in [-0.39, 0.29) is 0 Å². The zero-order valence-corrected chi connectivity index (χ0v) is 12.8. The molecule has 1 atom stereocenters. The summed E-state index contributed by atoms with van der Waals surface area (Å²) < 4.78 is 0. The maximum Gasteiger partial charge on any atom is 0.327 e. The maximum absolute atomic E-state index is 12.2. The predicted octanol–water partition coefficient (Wildman–Crippen LogP) is 1.16. The summed E-state index contributed by atoms with van der Waals surface area (Å²) in [5.74, 6) is -1.95. The first kappa shape index (κ1) is 18.1. The summed E-state index contributed by atoms with van der Waals surface area (Å²) in [6.07, 6.45) is 4.11. The van der Waals surface area contributed by atoms with E-state index in [2.05, 4.69) is 0 Å². The lowest BCUT2D eigenvalue weighted by molar-refractivity contribution is -0.141. The molecule has 0 aliphatic carbocycles. The van der Waals surface area contributed by atoms with Crippen LogP contribution in [0.3, 0.4) is 0 Å². The summed E-state index contributed by atoms with van der Waals surface area (Å²) in [6, 6.07) is 6.90. The second kappa shape index (κ2) is 8.47. The molecule has 7 heteroatoms. The van der Waals surface area contributed by atoms with Gasteiger partial charge in [-0.3, -0.25) is 14.5 Å². The van der Waals surface area contributed by atoms with Crippen LogP contribution in [-0.4, -0.2) is 58.7 Å². The zero-order chi connectivity index (χ0) is 17.4. The van der Waals surface area contributed by atoms with Crippen molar-refractivity contribution in [3.8, 4) is 0 Å². The Hall–Kier alpha value is -2.96. The third kappa shape index (κ3) is 5.06. The molecule has 7 nitrogen and oxygen atoms in total. The second-order valence-electron chi connectivity index (χ2n) is 4.72. The van der Waals surface area contributed by atoms with E-state index in [0.29, 0.717) is 4.90 Å². The first-order valence-corrected chi connectivity index (χ1v) is 6.77. The van der Waals surface area contributed by atoms with Gasteiger partial charge >= 0.3 is 12.0 Å². The molecule has 0 heterocycles. The van der Waals surface area contributed by atoms with Crippen molar-refractivity contribution in [2.75, 3.05) is 13.6 Å². The van der Waals surface area contributed by atoms with E-state index in [4.69, 9.17) is 5.11 Å². The van der Waals surface area contributed by atoms with Gasteiger partial charge in [0.1, 0.15) is 6.04 Å². The van der Waals surface area contributed by atoms with Gasteiger partial charge in [-0.2, -0.15) is 0 Å². The van der Waals surface area contributed by atoms with Crippen LogP contribution in [-0.2, 0) is 14.4 Å². The van der Waals surface area contributed by atoms with Gasteiger partial charge in [-0.15, -0.1) is 0 Å². The molecule has 0 spiro atoms. The Morgan fingerprint density at radius 2 is 1.87 bits per heavy atom. The van der Waals surface area contributed by atoms with E-state index in [0.717, 1.165) is 16.5 Å². The molecule has 3 amide bonds. The minimum atomic E-state index is -1.22. The lowest BCUT2D eigenvalue weighted by Crippen LogP contribution is -2.50. The van der Waals surface area contributed by atoms with Crippen LogP contribution in [0, 0.1) is 0 Å². The highest BCUT2D eigenvalue weighted by Crippen LogP contribution is 2.06. The molecule has 0 aromatic heterocycles. The minimum Gasteiger partial charge on any atom is -0.480 e. The lowest BCUT2D eigenvalue weighted by Gasteiger charge is -2.27. The quantitative estimate of drug-likeness (QED) is 0.795. The van der Waals surface area contributed by atoms with Gasteiger partial charge in [-0.1, -0.05) is 30.3 Å². The fraction of sp³-hybridized carbons (Fsp3) is 0.250. The Balaban J connectivity index is 2.90. The van der Waals surface area contributed by atoms with Crippen molar-refractivity contribution in [2.24, 2.45) is 0 Å². The maximum atomic E-state index is 12.2. The standard InChI is InChI=1S/C16H17N2O5/c1-12(15(21)22)17(2)16(23)18(10-11-19)14(20)9-8-13-6-4-3-5-7-13/h3-9,12H,10H2,1-2H3,(H,21,22)/b9-8+. The van der Waals surface area contributed by atoms with E-state index in [1.807, 2.05) is 6.07 Å². The smallest absolute Gasteiger partial charge is 0.327 e. The Kier molecular flexibility index (Phi) is 6.67. The lowest BCUT2D eigenvalue weighted by atomic mass is 10.2. The van der Waals surface area contributed by atoms with Gasteiger partial charge in [0.05, 0.1) is 6.54 Å². The van der Waals surface area contributed by atoms with Crippen molar-refractivity contribution < 1.29 is 24.3 Å². The van der Waals surface area contributed by atoms with Gasteiger partial charge in [-0.05, 0) is 18.6 Å². The molecule has 1 rings (SSSR count). The number of hydrogen-bond acceptors (Lipinski definition) is 4. The largest absolute Gasteiger partial charge is 0.480 e. The predicted molar refractivity (Wildman–Crippen MR) is 83.1 cm³/mol. The Morgan fingerprint density at radius 1 is 1.26 bits per heavy atom. The minimum absolute atomic E-state index is 0.576. The fourth-order valence-electron chi connectivity index (χ4n) is 1.65. The highest BCUT2D eigenvalue weighted by molar-refractivity contribution is 6.04. The molecular weight excluding hydrogens is 300 g/mol. The number of carboxylic acids is 1. The van der Waals surface area contributed by atoms with E-state index < -0.39 is 30.5 Å². The van der Waals surface area contributed by atoms with Crippen molar-refractivity contribution in [1.82, 2.24) is 9.80 Å². The highest BCUT2D eigenvalue weighted by atomic mass is 16.4. The number of likely N-dealkylation sites (N-methyl/N-ethyl adjacent to an activating group) is 1. The average Bonchev–Trinajstić information content (AvgIpc) is 2.56. The summed E-state index contributed by atoms with van der Waals surface area (Å²) in [6.45, 7) is 0.723. The summed E-state index contributed by atoms with van der Waals surface area (Å²) in [5, 5.41) is 8.91. The van der Waals surface area contributed by atoms with Crippen LogP contribution in [0.5, 0.6) is 0 Å². The van der Waals surface area contributed by atoms with Crippen LogP contribution < -0.4 is 0 Å². The average molecular weight is 317 g/mol. The topological polar surface area (TPSA) is 95.0 Å². The van der Waals surface area contributed by atoms with Crippen molar-refractivity contribution in [2.45, 2.75) is 13.0 Å². The van der Waals surface area contributed by atoms with Gasteiger partial charge in [0.25, 0.3) is 5.91 Å². The number of aliphatic carboxylic acids is 1. The fourth-order valence-corrected chi connectivity index (χ4v) is 1.65. The number of nitrogens with zero attached hydrogens (tertiary/aromatic N) is 2. The number of hydrogen-bond donors (Lipinski definition) is 1. The number of amides is 3. The summed E-state index contributed by atoms with van der Waals surface area (Å²) in [7, 11) is 1.24. The van der Waals surface area contributed by atoms with Gasteiger partial charge < -0.3 is 10.0 Å². The third-order valence-corrected chi connectivity index (χ3v) is 3.18.